The number of nitrogen functional groups attached to an aromatic ring is 1. The van der Waals surface area contributed by atoms with Crippen LogP contribution in [0.1, 0.15) is 43.4 Å². The van der Waals surface area contributed by atoms with Crippen LogP contribution >= 0.6 is 23.2 Å². The lowest BCUT2D eigenvalue weighted by Gasteiger charge is -2.44. The molecule has 2 aliphatic rings. The van der Waals surface area contributed by atoms with Gasteiger partial charge in [-0.05, 0) is 75.0 Å². The molecule has 0 unspecified atom stereocenters. The van der Waals surface area contributed by atoms with Crippen LogP contribution in [0.15, 0.2) is 42.6 Å². The van der Waals surface area contributed by atoms with Crippen LogP contribution in [0.25, 0.3) is 11.1 Å². The second-order valence-corrected chi connectivity index (χ2v) is 10.3. The van der Waals surface area contributed by atoms with Gasteiger partial charge in [0.25, 0.3) is 0 Å². The lowest BCUT2D eigenvalue weighted by Crippen LogP contribution is -2.48. The van der Waals surface area contributed by atoms with Gasteiger partial charge in [0.05, 0.1) is 5.02 Å². The molecule has 35 heavy (non-hydrogen) atoms. The quantitative estimate of drug-likeness (QED) is 0.391. The normalized spacial score (nSPS) is 18.1. The van der Waals surface area contributed by atoms with Crippen LogP contribution in [0.4, 0.5) is 10.2 Å². The Hall–Kier alpha value is -2.54. The van der Waals surface area contributed by atoms with Gasteiger partial charge < -0.3 is 20.1 Å². The molecule has 1 saturated heterocycles. The van der Waals surface area contributed by atoms with E-state index in [1.165, 1.54) is 17.7 Å². The van der Waals surface area contributed by atoms with Crippen molar-refractivity contribution < 1.29 is 13.9 Å². The molecule has 2 aliphatic heterocycles. The fourth-order valence-corrected chi connectivity index (χ4v) is 5.61. The summed E-state index contributed by atoms with van der Waals surface area (Å²) < 4.78 is 26.7. The number of aromatic nitrogens is 1. The molecular weight excluding hydrogens is 488 g/mol. The molecule has 1 fully saturated rings. The van der Waals surface area contributed by atoms with Gasteiger partial charge in [0, 0.05) is 35.4 Å². The van der Waals surface area contributed by atoms with Crippen molar-refractivity contribution >= 4 is 29.0 Å². The third kappa shape index (κ3) is 4.80. The summed E-state index contributed by atoms with van der Waals surface area (Å²) in [4.78, 5) is 6.69. The van der Waals surface area contributed by atoms with Crippen LogP contribution in [0.5, 0.6) is 11.5 Å². The molecule has 0 aliphatic carbocycles. The summed E-state index contributed by atoms with van der Waals surface area (Å²) in [5, 5.41) is 0.253. The maximum atomic E-state index is 14.0. The highest BCUT2D eigenvalue weighted by atomic mass is 35.5. The molecule has 8 heteroatoms. The Bertz CT molecular complexity index is 1260. The molecule has 3 heterocycles. The maximum Gasteiger partial charge on any atom is 0.166 e. The van der Waals surface area contributed by atoms with Gasteiger partial charge in [-0.15, -0.1) is 0 Å². The smallest absolute Gasteiger partial charge is 0.166 e. The Labute approximate surface area is 215 Å². The number of fused-ring (bicyclic) bond motifs is 1. The van der Waals surface area contributed by atoms with E-state index in [4.69, 9.17) is 38.4 Å². The van der Waals surface area contributed by atoms with Crippen molar-refractivity contribution in [3.05, 3.63) is 69.6 Å². The van der Waals surface area contributed by atoms with E-state index in [1.54, 1.807) is 13.1 Å². The number of ether oxygens (including phenoxy) is 2. The molecule has 0 bridgehead atoms. The predicted octanol–water partition coefficient (Wildman–Crippen LogP) is 6.71. The molecule has 0 radical (unpaired) electrons. The van der Waals surface area contributed by atoms with Crippen molar-refractivity contribution in [2.24, 2.45) is 0 Å². The van der Waals surface area contributed by atoms with E-state index in [2.05, 4.69) is 35.1 Å². The molecule has 5 rings (SSSR count). The van der Waals surface area contributed by atoms with Crippen LogP contribution in [0.2, 0.25) is 10.0 Å². The molecule has 5 nitrogen and oxygen atoms in total. The van der Waals surface area contributed by atoms with E-state index in [0.717, 1.165) is 55.6 Å². The number of hydrogen-bond donors (Lipinski definition) is 1. The first kappa shape index (κ1) is 24.2. The largest absolute Gasteiger partial charge is 0.487 e. The highest BCUT2D eigenvalue weighted by Crippen LogP contribution is 2.42. The van der Waals surface area contributed by atoms with Crippen LogP contribution < -0.4 is 15.2 Å². The topological polar surface area (TPSA) is 60.6 Å². The average molecular weight is 516 g/mol. The molecule has 2 N–H and O–H groups in total. The number of benzene rings is 2. The van der Waals surface area contributed by atoms with E-state index in [-0.39, 0.29) is 16.4 Å². The third-order valence-electron chi connectivity index (χ3n) is 7.15. The summed E-state index contributed by atoms with van der Waals surface area (Å²) in [5.41, 5.74) is 9.42. The third-order valence-corrected chi connectivity index (χ3v) is 7.86. The Kier molecular flexibility index (Phi) is 6.55. The molecule has 0 amide bonds. The number of piperidine rings is 1. The fraction of sp³-hybridized carbons (Fsp3) is 0.370. The first-order chi connectivity index (χ1) is 16.7. The van der Waals surface area contributed by atoms with Crippen molar-refractivity contribution in [1.29, 1.82) is 0 Å². The second kappa shape index (κ2) is 9.49. The predicted molar refractivity (Wildman–Crippen MR) is 138 cm³/mol. The molecule has 0 saturated carbocycles. The van der Waals surface area contributed by atoms with Gasteiger partial charge in [-0.3, -0.25) is 0 Å². The second-order valence-electron chi connectivity index (χ2n) is 9.54. The van der Waals surface area contributed by atoms with Crippen molar-refractivity contribution in [2.75, 3.05) is 25.9 Å². The van der Waals surface area contributed by atoms with Gasteiger partial charge in [-0.1, -0.05) is 35.3 Å². The van der Waals surface area contributed by atoms with Crippen LogP contribution in [0.3, 0.4) is 0 Å². The summed E-state index contributed by atoms with van der Waals surface area (Å²) in [6.07, 6.45) is 5.22. The van der Waals surface area contributed by atoms with Gasteiger partial charge in [0.1, 0.15) is 23.3 Å². The summed E-state index contributed by atoms with van der Waals surface area (Å²) in [7, 11) is 2.16. The molecule has 3 aromatic rings. The molecule has 1 spiro atoms. The summed E-state index contributed by atoms with van der Waals surface area (Å²) >= 11 is 12.4. The van der Waals surface area contributed by atoms with Crippen LogP contribution in [0, 0.1) is 5.82 Å². The van der Waals surface area contributed by atoms with Crippen LogP contribution in [-0.2, 0) is 6.42 Å². The van der Waals surface area contributed by atoms with E-state index in [9.17, 15) is 4.39 Å². The number of nitrogens with two attached hydrogens (primary N) is 1. The fourth-order valence-electron chi connectivity index (χ4n) is 4.93. The van der Waals surface area contributed by atoms with Gasteiger partial charge >= 0.3 is 0 Å². The van der Waals surface area contributed by atoms with Crippen molar-refractivity contribution in [1.82, 2.24) is 9.88 Å². The Balaban J connectivity index is 1.41. The van der Waals surface area contributed by atoms with E-state index < -0.39 is 11.9 Å². The Morgan fingerprint density at radius 2 is 1.89 bits per heavy atom. The standard InChI is InChI=1S/C27H28Cl2FN3O2/c1-16(24-20(28)5-6-21(30)25(24)29)34-23-14-19(15-32-26(23)31)18-4-3-17-7-8-27(35-22(17)13-18)9-11-33(2)12-10-27/h3-6,13-16H,7-12H2,1-2H3,(H2,31,32)/t16-/m1/s1. The SMILES string of the molecule is C[C@@H](Oc1cc(-c2ccc3c(c2)OC2(CC3)CCN(C)CC2)cnc1N)c1c(Cl)ccc(F)c1Cl. The number of aryl methyl sites for hydroxylation is 1. The van der Waals surface area contributed by atoms with Crippen LogP contribution in [-0.4, -0.2) is 35.6 Å². The van der Waals surface area contributed by atoms with Crippen molar-refractivity contribution in [2.45, 2.75) is 44.3 Å². The molecule has 1 atom stereocenters. The van der Waals surface area contributed by atoms with Gasteiger partial charge in [0.15, 0.2) is 11.6 Å². The lowest BCUT2D eigenvalue weighted by molar-refractivity contribution is -0.00871. The summed E-state index contributed by atoms with van der Waals surface area (Å²) in [5.74, 6) is 0.975. The minimum absolute atomic E-state index is 0.0673. The summed E-state index contributed by atoms with van der Waals surface area (Å²) in [6, 6.07) is 10.8. The molecular formula is C27H28Cl2FN3O2. The minimum atomic E-state index is -0.638. The number of rotatable bonds is 4. The molecule has 1 aromatic heterocycles. The first-order valence-electron chi connectivity index (χ1n) is 11.8. The molecule has 184 valence electrons. The Morgan fingerprint density at radius 1 is 1.11 bits per heavy atom. The average Bonchev–Trinajstić information content (AvgIpc) is 2.85. The number of nitrogens with zero attached hydrogens (tertiary/aromatic N) is 2. The number of hydrogen-bond acceptors (Lipinski definition) is 5. The zero-order valence-electron chi connectivity index (χ0n) is 19.8. The van der Waals surface area contributed by atoms with Crippen molar-refractivity contribution in [3.8, 4) is 22.6 Å². The Morgan fingerprint density at radius 3 is 2.66 bits per heavy atom. The number of pyridine rings is 1. The number of halogens is 3. The summed E-state index contributed by atoms with van der Waals surface area (Å²) in [6.45, 7) is 3.84. The van der Waals surface area contributed by atoms with Gasteiger partial charge in [0.2, 0.25) is 0 Å². The maximum absolute atomic E-state index is 14.0. The van der Waals surface area contributed by atoms with Gasteiger partial charge in [-0.2, -0.15) is 0 Å². The molecule has 2 aromatic carbocycles. The zero-order valence-corrected chi connectivity index (χ0v) is 21.3. The number of likely N-dealkylation sites (tertiary alicyclic amines) is 1. The number of anilines is 1. The van der Waals surface area contributed by atoms with E-state index in [1.807, 2.05) is 6.07 Å². The highest BCUT2D eigenvalue weighted by molar-refractivity contribution is 6.36. The lowest BCUT2D eigenvalue weighted by atomic mass is 9.83. The van der Waals surface area contributed by atoms with E-state index >= 15 is 0 Å². The highest BCUT2D eigenvalue weighted by Gasteiger charge is 2.38. The van der Waals surface area contributed by atoms with E-state index in [0.29, 0.717) is 16.3 Å². The minimum Gasteiger partial charge on any atom is -0.487 e. The van der Waals surface area contributed by atoms with Gasteiger partial charge in [-0.25, -0.2) is 9.37 Å². The van der Waals surface area contributed by atoms with Crippen molar-refractivity contribution in [3.63, 3.8) is 0 Å². The monoisotopic (exact) mass is 515 g/mol. The first-order valence-corrected chi connectivity index (χ1v) is 12.6. The zero-order chi connectivity index (χ0) is 24.7.